The molecule has 7 rings (SSSR count). The highest BCUT2D eigenvalue weighted by Gasteiger charge is 2.43. The maximum Gasteiger partial charge on any atom is 0.123 e. The summed E-state index contributed by atoms with van der Waals surface area (Å²) in [6.45, 7) is 7.85. The van der Waals surface area contributed by atoms with Gasteiger partial charge < -0.3 is 28.4 Å². The quantitative estimate of drug-likeness (QED) is 0.103. The first kappa shape index (κ1) is 36.3. The Labute approximate surface area is 306 Å². The molecule has 1 saturated carbocycles. The minimum atomic E-state index is -0.197. The van der Waals surface area contributed by atoms with Crippen LogP contribution in [-0.4, -0.2) is 59.5 Å². The van der Waals surface area contributed by atoms with Crippen LogP contribution in [0.4, 0.5) is 0 Å². The molecule has 0 unspecified atom stereocenters. The topological polar surface area (TPSA) is 55.4 Å². The molecule has 276 valence electrons. The van der Waals surface area contributed by atoms with Crippen molar-refractivity contribution >= 4 is 0 Å². The van der Waals surface area contributed by atoms with Crippen LogP contribution in [0.3, 0.4) is 0 Å². The van der Waals surface area contributed by atoms with Gasteiger partial charge in [0, 0.05) is 34.3 Å². The van der Waals surface area contributed by atoms with E-state index < -0.39 is 0 Å². The fourth-order valence-electron chi connectivity index (χ4n) is 8.54. The van der Waals surface area contributed by atoms with Crippen molar-refractivity contribution in [1.82, 2.24) is 0 Å². The van der Waals surface area contributed by atoms with E-state index in [1.54, 1.807) is 0 Å². The van der Waals surface area contributed by atoms with Gasteiger partial charge in [-0.2, -0.15) is 0 Å². The predicted molar refractivity (Wildman–Crippen MR) is 202 cm³/mol. The molecule has 0 radical (unpaired) electrons. The van der Waals surface area contributed by atoms with Gasteiger partial charge in [-0.05, 0) is 113 Å². The molecule has 3 aromatic carbocycles. The summed E-state index contributed by atoms with van der Waals surface area (Å²) < 4.78 is 35.9. The van der Waals surface area contributed by atoms with Crippen LogP contribution in [0, 0.1) is 17.8 Å². The summed E-state index contributed by atoms with van der Waals surface area (Å²) in [4.78, 5) is 0. The van der Waals surface area contributed by atoms with Gasteiger partial charge in [-0.25, -0.2) is 0 Å². The zero-order valence-electron chi connectivity index (χ0n) is 30.7. The summed E-state index contributed by atoms with van der Waals surface area (Å²) in [6, 6.07) is 26.5. The van der Waals surface area contributed by atoms with Crippen LogP contribution in [0.1, 0.15) is 106 Å². The lowest BCUT2D eigenvalue weighted by atomic mass is 9.61. The van der Waals surface area contributed by atoms with Gasteiger partial charge in [-0.3, -0.25) is 0 Å². The molecule has 0 N–H and O–H groups in total. The van der Waals surface area contributed by atoms with E-state index >= 15 is 0 Å². The van der Waals surface area contributed by atoms with Gasteiger partial charge in [0.2, 0.25) is 0 Å². The van der Waals surface area contributed by atoms with E-state index in [1.807, 2.05) is 0 Å². The van der Waals surface area contributed by atoms with E-state index in [1.165, 1.54) is 55.2 Å². The number of unbranched alkanes of at least 4 members (excludes halogenated alkanes) is 3. The van der Waals surface area contributed by atoms with Crippen LogP contribution in [0.15, 0.2) is 72.8 Å². The summed E-state index contributed by atoms with van der Waals surface area (Å²) in [5.41, 5.74) is 3.77. The molecular formula is C45H60O6. The van der Waals surface area contributed by atoms with Gasteiger partial charge >= 0.3 is 0 Å². The number of rotatable bonds is 21. The minimum absolute atomic E-state index is 0.197. The molecule has 3 aliphatic heterocycles. The van der Waals surface area contributed by atoms with Crippen molar-refractivity contribution < 1.29 is 28.4 Å². The first-order valence-corrected chi connectivity index (χ1v) is 20.2. The Morgan fingerprint density at radius 1 is 0.471 bits per heavy atom. The molecular weight excluding hydrogens is 636 g/mol. The first-order chi connectivity index (χ1) is 25.3. The standard InChI is InChI=1S/C45H60O6/c1-4-19-42(49-26-10-7-13-35-29-46-30-35)39(16-1)38-22-24-45(25-23-38,40-17-2-5-20-43(40)50-27-11-8-14-36-31-47-32-36)41-18-3-6-21-44(41)51-28-12-9-15-37-33-48-34-37/h1-6,16-21,35-38H,7-15,22-34H2. The third kappa shape index (κ3) is 9.49. The summed E-state index contributed by atoms with van der Waals surface area (Å²) in [6.07, 6.45) is 14.7. The van der Waals surface area contributed by atoms with E-state index in [9.17, 15) is 0 Å². The Hall–Kier alpha value is -3.06. The zero-order chi connectivity index (χ0) is 34.6. The SMILES string of the molecule is c1ccc(C2CCC(c3ccccc3OCCCCC3COC3)(c3ccccc3OCCCCC3COC3)CC2)c(OCCCCC2COC2)c1. The molecule has 0 aromatic heterocycles. The first-order valence-electron chi connectivity index (χ1n) is 20.2. The van der Waals surface area contributed by atoms with Crippen LogP contribution in [-0.2, 0) is 19.6 Å². The van der Waals surface area contributed by atoms with Crippen molar-refractivity contribution in [3.63, 3.8) is 0 Å². The molecule has 0 bridgehead atoms. The highest BCUT2D eigenvalue weighted by molar-refractivity contribution is 5.53. The second kappa shape index (κ2) is 18.6. The lowest BCUT2D eigenvalue weighted by Gasteiger charge is -2.43. The van der Waals surface area contributed by atoms with Crippen molar-refractivity contribution in [2.45, 2.75) is 94.8 Å². The van der Waals surface area contributed by atoms with E-state index in [0.717, 1.165) is 139 Å². The second-order valence-corrected chi connectivity index (χ2v) is 15.6. The Balaban J connectivity index is 1.06. The zero-order valence-corrected chi connectivity index (χ0v) is 30.7. The Morgan fingerprint density at radius 3 is 1.29 bits per heavy atom. The number of ether oxygens (including phenoxy) is 6. The average molecular weight is 697 g/mol. The molecule has 3 heterocycles. The van der Waals surface area contributed by atoms with Crippen molar-refractivity contribution in [3.05, 3.63) is 89.5 Å². The normalized spacial score (nSPS) is 19.5. The maximum atomic E-state index is 6.67. The molecule has 6 heteroatoms. The van der Waals surface area contributed by atoms with E-state index in [0.29, 0.717) is 5.92 Å². The van der Waals surface area contributed by atoms with Gasteiger partial charge in [0.1, 0.15) is 17.2 Å². The minimum Gasteiger partial charge on any atom is -0.493 e. The molecule has 51 heavy (non-hydrogen) atoms. The smallest absolute Gasteiger partial charge is 0.123 e. The average Bonchev–Trinajstić information content (AvgIpc) is 3.11. The fraction of sp³-hybridized carbons (Fsp3) is 0.600. The Morgan fingerprint density at radius 2 is 0.863 bits per heavy atom. The fourth-order valence-corrected chi connectivity index (χ4v) is 8.54. The van der Waals surface area contributed by atoms with E-state index in [-0.39, 0.29) is 5.41 Å². The van der Waals surface area contributed by atoms with E-state index in [2.05, 4.69) is 72.8 Å². The van der Waals surface area contributed by atoms with Crippen molar-refractivity contribution in [1.29, 1.82) is 0 Å². The molecule has 6 nitrogen and oxygen atoms in total. The third-order valence-electron chi connectivity index (χ3n) is 11.9. The predicted octanol–water partition coefficient (Wildman–Crippen LogP) is 9.92. The van der Waals surface area contributed by atoms with Gasteiger partial charge in [-0.15, -0.1) is 0 Å². The number of para-hydroxylation sites is 3. The molecule has 1 aliphatic carbocycles. The van der Waals surface area contributed by atoms with Gasteiger partial charge in [0.25, 0.3) is 0 Å². The summed E-state index contributed by atoms with van der Waals surface area (Å²) in [5.74, 6) is 5.80. The van der Waals surface area contributed by atoms with Crippen molar-refractivity contribution in [2.24, 2.45) is 17.8 Å². The summed E-state index contributed by atoms with van der Waals surface area (Å²) >= 11 is 0. The monoisotopic (exact) mass is 696 g/mol. The molecule has 0 spiro atoms. The third-order valence-corrected chi connectivity index (χ3v) is 11.9. The summed E-state index contributed by atoms with van der Waals surface area (Å²) in [7, 11) is 0. The number of benzene rings is 3. The van der Waals surface area contributed by atoms with Gasteiger partial charge in [-0.1, -0.05) is 54.6 Å². The van der Waals surface area contributed by atoms with Crippen molar-refractivity contribution in [3.8, 4) is 17.2 Å². The van der Waals surface area contributed by atoms with Gasteiger partial charge in [0.15, 0.2) is 0 Å². The molecule has 3 saturated heterocycles. The lowest BCUT2D eigenvalue weighted by Crippen LogP contribution is -2.34. The highest BCUT2D eigenvalue weighted by atomic mass is 16.5. The number of hydrogen-bond acceptors (Lipinski definition) is 6. The maximum absolute atomic E-state index is 6.67. The lowest BCUT2D eigenvalue weighted by molar-refractivity contribution is -0.0367. The van der Waals surface area contributed by atoms with Crippen LogP contribution in [0.25, 0.3) is 0 Å². The van der Waals surface area contributed by atoms with Crippen LogP contribution in [0.2, 0.25) is 0 Å². The molecule has 4 fully saturated rings. The van der Waals surface area contributed by atoms with Crippen LogP contribution >= 0.6 is 0 Å². The molecule has 4 aliphatic rings. The Bertz CT molecular complexity index is 1400. The van der Waals surface area contributed by atoms with Gasteiger partial charge in [0.05, 0.1) is 59.5 Å². The Kier molecular flexibility index (Phi) is 13.3. The van der Waals surface area contributed by atoms with Crippen LogP contribution < -0.4 is 14.2 Å². The van der Waals surface area contributed by atoms with E-state index in [4.69, 9.17) is 28.4 Å². The largest absolute Gasteiger partial charge is 0.493 e. The second-order valence-electron chi connectivity index (χ2n) is 15.6. The highest BCUT2D eigenvalue weighted by Crippen LogP contribution is 2.54. The number of hydrogen-bond donors (Lipinski definition) is 0. The molecule has 3 aromatic rings. The van der Waals surface area contributed by atoms with Crippen LogP contribution in [0.5, 0.6) is 17.2 Å². The molecule has 0 amide bonds. The molecule has 0 atom stereocenters. The van der Waals surface area contributed by atoms with Crippen molar-refractivity contribution in [2.75, 3.05) is 59.5 Å². The summed E-state index contributed by atoms with van der Waals surface area (Å²) in [5, 5.41) is 0.